The Morgan fingerprint density at radius 2 is 1.57 bits per heavy atom. The van der Waals surface area contributed by atoms with E-state index in [1.165, 1.54) is 7.11 Å². The van der Waals surface area contributed by atoms with Gasteiger partial charge in [0.25, 0.3) is 0 Å². The zero-order valence-corrected chi connectivity index (χ0v) is 20.0. The first-order valence-corrected chi connectivity index (χ1v) is 12.5. The molecule has 0 aliphatic rings. The van der Waals surface area contributed by atoms with E-state index in [1.807, 2.05) is 36.1 Å². The average Bonchev–Trinajstić information content (AvgIpc) is 2.75. The van der Waals surface area contributed by atoms with Crippen molar-refractivity contribution in [2.45, 2.75) is 77.0 Å². The number of benzene rings is 1. The van der Waals surface area contributed by atoms with E-state index in [0.717, 1.165) is 62.1 Å². The highest BCUT2D eigenvalue weighted by molar-refractivity contribution is 7.85. The monoisotopic (exact) mass is 437 g/mol. The summed E-state index contributed by atoms with van der Waals surface area (Å²) in [4.78, 5) is 27.7. The predicted molar refractivity (Wildman–Crippen MR) is 123 cm³/mol. The molecule has 0 spiro atoms. The summed E-state index contributed by atoms with van der Waals surface area (Å²) in [6.07, 6.45) is 6.83. The zero-order chi connectivity index (χ0) is 22.4. The number of rotatable bonds is 15. The fraction of sp³-hybridized carbons (Fsp3) is 0.667. The van der Waals surface area contributed by atoms with Crippen molar-refractivity contribution in [3.05, 3.63) is 29.8 Å². The van der Waals surface area contributed by atoms with Crippen LogP contribution in [-0.4, -0.2) is 46.9 Å². The van der Waals surface area contributed by atoms with Gasteiger partial charge in [0, 0.05) is 30.2 Å². The lowest BCUT2D eigenvalue weighted by Crippen LogP contribution is -2.40. The molecule has 30 heavy (non-hydrogen) atoms. The molecule has 0 aliphatic heterocycles. The molecule has 170 valence electrons. The highest BCUT2D eigenvalue weighted by atomic mass is 32.2. The second-order valence-electron chi connectivity index (χ2n) is 7.88. The van der Waals surface area contributed by atoms with Crippen molar-refractivity contribution < 1.29 is 18.5 Å². The first-order chi connectivity index (χ1) is 14.4. The van der Waals surface area contributed by atoms with Crippen molar-refractivity contribution in [3.63, 3.8) is 0 Å². The molecule has 0 bridgehead atoms. The summed E-state index contributed by atoms with van der Waals surface area (Å²) in [5, 5.41) is 0. The van der Waals surface area contributed by atoms with Crippen molar-refractivity contribution in [3.8, 4) is 0 Å². The van der Waals surface area contributed by atoms with Gasteiger partial charge in [0.15, 0.2) is 0 Å². The number of unbranched alkanes of at least 4 members (excludes halogenated alkanes) is 4. The third-order valence-electron chi connectivity index (χ3n) is 5.29. The molecule has 0 N–H and O–H groups in total. The lowest BCUT2D eigenvalue weighted by molar-refractivity contribution is -0.141. The van der Waals surface area contributed by atoms with Crippen LogP contribution in [0, 0.1) is 12.8 Å². The van der Waals surface area contributed by atoms with E-state index in [0.29, 0.717) is 6.42 Å². The lowest BCUT2D eigenvalue weighted by Gasteiger charge is -2.27. The van der Waals surface area contributed by atoms with Gasteiger partial charge >= 0.3 is 5.97 Å². The number of nitrogens with zero attached hydrogens (tertiary/aromatic N) is 1. The fourth-order valence-electron chi connectivity index (χ4n) is 3.34. The lowest BCUT2D eigenvalue weighted by atomic mass is 10.0. The summed E-state index contributed by atoms with van der Waals surface area (Å²) in [7, 11) is 0.0628. The molecule has 0 heterocycles. The van der Waals surface area contributed by atoms with Crippen LogP contribution in [0.2, 0.25) is 0 Å². The summed E-state index contributed by atoms with van der Waals surface area (Å²) in [6, 6.07) is 7.57. The van der Waals surface area contributed by atoms with Gasteiger partial charge in [0.1, 0.15) is 0 Å². The quantitative estimate of drug-likeness (QED) is 0.290. The molecule has 0 saturated heterocycles. The van der Waals surface area contributed by atoms with E-state index >= 15 is 0 Å². The number of hydrogen-bond acceptors (Lipinski definition) is 4. The number of carbonyl (C=O) groups excluding carboxylic acids is 2. The molecule has 1 amide bonds. The van der Waals surface area contributed by atoms with E-state index in [2.05, 4.69) is 13.8 Å². The molecule has 1 aromatic rings. The first kappa shape index (κ1) is 26.3. The number of amides is 1. The third kappa shape index (κ3) is 9.88. The van der Waals surface area contributed by atoms with Crippen molar-refractivity contribution in [1.82, 2.24) is 4.90 Å². The van der Waals surface area contributed by atoms with Crippen LogP contribution in [0.3, 0.4) is 0 Å². The van der Waals surface area contributed by atoms with Gasteiger partial charge in [-0.25, -0.2) is 0 Å². The van der Waals surface area contributed by atoms with E-state index < -0.39 is 16.7 Å². The van der Waals surface area contributed by atoms with Gasteiger partial charge in [-0.05, 0) is 38.3 Å². The second kappa shape index (κ2) is 15.2. The van der Waals surface area contributed by atoms with E-state index in [1.54, 1.807) is 0 Å². The molecule has 0 aromatic heterocycles. The zero-order valence-electron chi connectivity index (χ0n) is 19.2. The highest BCUT2D eigenvalue weighted by Gasteiger charge is 2.27. The topological polar surface area (TPSA) is 63.7 Å². The van der Waals surface area contributed by atoms with Crippen molar-refractivity contribution >= 4 is 22.7 Å². The van der Waals surface area contributed by atoms with E-state index in [4.69, 9.17) is 4.74 Å². The smallest absolute Gasteiger partial charge is 0.305 e. The van der Waals surface area contributed by atoms with Gasteiger partial charge < -0.3 is 9.64 Å². The minimum absolute atomic E-state index is 0.0200. The molecule has 0 aliphatic carbocycles. The molecule has 6 heteroatoms. The molecule has 0 fully saturated rings. The maximum Gasteiger partial charge on any atom is 0.305 e. The van der Waals surface area contributed by atoms with Crippen molar-refractivity contribution in [2.75, 3.05) is 26.0 Å². The normalized spacial score (nSPS) is 12.9. The molecular weight excluding hydrogens is 398 g/mol. The summed E-state index contributed by atoms with van der Waals surface area (Å²) in [5.41, 5.74) is 1.10. The molecule has 2 atom stereocenters. The average molecular weight is 438 g/mol. The second-order valence-corrected chi connectivity index (χ2v) is 9.37. The van der Waals surface area contributed by atoms with Crippen LogP contribution >= 0.6 is 0 Å². The Labute approximate surface area is 185 Å². The number of aryl methyl sites for hydroxylation is 1. The number of methoxy groups -OCH3 is 1. The van der Waals surface area contributed by atoms with Crippen LogP contribution in [0.4, 0.5) is 0 Å². The molecule has 1 aromatic carbocycles. The van der Waals surface area contributed by atoms with E-state index in [9.17, 15) is 13.8 Å². The Balaban J connectivity index is 2.93. The summed E-state index contributed by atoms with van der Waals surface area (Å²) >= 11 is 0. The Hall–Kier alpha value is -1.69. The van der Waals surface area contributed by atoms with Gasteiger partial charge in [0.05, 0.1) is 23.8 Å². The molecule has 2 unspecified atom stereocenters. The first-order valence-electron chi connectivity index (χ1n) is 11.2. The maximum atomic E-state index is 13.4. The number of esters is 1. The van der Waals surface area contributed by atoms with Gasteiger partial charge in [-0.15, -0.1) is 0 Å². The molecule has 5 nitrogen and oxygen atoms in total. The summed E-state index contributed by atoms with van der Waals surface area (Å²) in [5.74, 6) is -0.532. The fourth-order valence-corrected chi connectivity index (χ4v) is 4.64. The molecule has 1 rings (SSSR count). The SMILES string of the molecule is CCCCCN(CCCCC)C(=O)C(CCC(=O)OC)CS(=O)c1ccc(C)cc1. The van der Waals surface area contributed by atoms with Gasteiger partial charge in [-0.2, -0.15) is 0 Å². The molecular formula is C24H39NO4S. The van der Waals surface area contributed by atoms with Crippen LogP contribution in [0.1, 0.15) is 70.8 Å². The van der Waals surface area contributed by atoms with Crippen molar-refractivity contribution in [2.24, 2.45) is 5.92 Å². The van der Waals surface area contributed by atoms with Gasteiger partial charge in [-0.1, -0.05) is 57.2 Å². The number of ether oxygens (including phenoxy) is 1. The standard InChI is InChI=1S/C24H39NO4S/c1-5-7-9-17-25(18-10-8-6-2)24(27)21(13-16-23(26)29-4)19-30(28)22-14-11-20(3)12-15-22/h11-12,14-15,21H,5-10,13,16-19H2,1-4H3. The maximum absolute atomic E-state index is 13.4. The van der Waals surface area contributed by atoms with Crippen molar-refractivity contribution in [1.29, 1.82) is 0 Å². The predicted octanol–water partition coefficient (Wildman–Crippen LogP) is 4.88. The van der Waals surface area contributed by atoms with Gasteiger partial charge in [-0.3, -0.25) is 13.8 Å². The minimum Gasteiger partial charge on any atom is -0.469 e. The Kier molecular flexibility index (Phi) is 13.3. The van der Waals surface area contributed by atoms with Crippen LogP contribution in [0.15, 0.2) is 29.2 Å². The third-order valence-corrected chi connectivity index (χ3v) is 6.79. The van der Waals surface area contributed by atoms with E-state index in [-0.39, 0.29) is 24.1 Å². The van der Waals surface area contributed by atoms with Crippen LogP contribution < -0.4 is 0 Å². The highest BCUT2D eigenvalue weighted by Crippen LogP contribution is 2.19. The number of hydrogen-bond donors (Lipinski definition) is 0. The van der Waals surface area contributed by atoms with Crippen LogP contribution in [-0.2, 0) is 25.1 Å². The van der Waals surface area contributed by atoms with Crippen LogP contribution in [0.5, 0.6) is 0 Å². The number of carbonyl (C=O) groups is 2. The van der Waals surface area contributed by atoms with Gasteiger partial charge in [0.2, 0.25) is 5.91 Å². The summed E-state index contributed by atoms with van der Waals surface area (Å²) in [6.45, 7) is 7.73. The minimum atomic E-state index is -1.29. The van der Waals surface area contributed by atoms with Crippen LogP contribution in [0.25, 0.3) is 0 Å². The Morgan fingerprint density at radius 3 is 2.07 bits per heavy atom. The largest absolute Gasteiger partial charge is 0.469 e. The summed E-state index contributed by atoms with van der Waals surface area (Å²) < 4.78 is 17.7. The molecule has 0 saturated carbocycles. The molecule has 0 radical (unpaired) electrons. The Bertz CT molecular complexity index is 650. The Morgan fingerprint density at radius 1 is 1.00 bits per heavy atom.